The van der Waals surface area contributed by atoms with Crippen LogP contribution < -0.4 is 10.6 Å². The predicted molar refractivity (Wildman–Crippen MR) is 60.4 cm³/mol. The summed E-state index contributed by atoms with van der Waals surface area (Å²) in [7, 11) is 0. The van der Waals surface area contributed by atoms with Crippen molar-refractivity contribution in [2.75, 3.05) is 19.6 Å². The van der Waals surface area contributed by atoms with Gasteiger partial charge in [-0.25, -0.2) is 0 Å². The van der Waals surface area contributed by atoms with Crippen molar-refractivity contribution in [1.82, 2.24) is 10.6 Å². The molecule has 2 fully saturated rings. The van der Waals surface area contributed by atoms with E-state index < -0.39 is 0 Å². The molecule has 0 aromatic rings. The number of hydrogen-bond acceptors (Lipinski definition) is 2. The number of nitrogens with one attached hydrogen (secondary N) is 2. The van der Waals surface area contributed by atoms with Crippen molar-refractivity contribution in [2.24, 2.45) is 11.8 Å². The van der Waals surface area contributed by atoms with Crippen LogP contribution in [0.4, 0.5) is 0 Å². The normalized spacial score (nSPS) is 29.1. The fraction of sp³-hybridized carbons (Fsp3) is 1.00. The van der Waals surface area contributed by atoms with E-state index in [9.17, 15) is 0 Å². The summed E-state index contributed by atoms with van der Waals surface area (Å²) in [4.78, 5) is 0. The van der Waals surface area contributed by atoms with Gasteiger partial charge < -0.3 is 10.6 Å². The zero-order valence-corrected chi connectivity index (χ0v) is 9.60. The van der Waals surface area contributed by atoms with Gasteiger partial charge in [-0.15, -0.1) is 0 Å². The molecule has 2 aliphatic rings. The van der Waals surface area contributed by atoms with Gasteiger partial charge in [0.25, 0.3) is 0 Å². The van der Waals surface area contributed by atoms with Crippen molar-refractivity contribution < 1.29 is 0 Å². The summed E-state index contributed by atoms with van der Waals surface area (Å²) < 4.78 is 0. The molecule has 0 bridgehead atoms. The molecule has 1 atom stereocenters. The van der Waals surface area contributed by atoms with Crippen LogP contribution in [-0.4, -0.2) is 25.2 Å². The Morgan fingerprint density at radius 1 is 1.29 bits per heavy atom. The first kappa shape index (κ1) is 10.4. The van der Waals surface area contributed by atoms with E-state index in [0.29, 0.717) is 5.54 Å². The highest BCUT2D eigenvalue weighted by molar-refractivity contribution is 4.94. The van der Waals surface area contributed by atoms with Crippen molar-refractivity contribution in [2.45, 2.75) is 45.1 Å². The van der Waals surface area contributed by atoms with Crippen LogP contribution in [0, 0.1) is 11.8 Å². The van der Waals surface area contributed by atoms with Gasteiger partial charge in [0.05, 0.1) is 0 Å². The van der Waals surface area contributed by atoms with E-state index in [1.54, 1.807) is 0 Å². The molecule has 2 N–H and O–H groups in total. The van der Waals surface area contributed by atoms with Crippen LogP contribution in [0.2, 0.25) is 0 Å². The highest BCUT2D eigenvalue weighted by Crippen LogP contribution is 2.39. The fourth-order valence-corrected chi connectivity index (χ4v) is 2.45. The maximum atomic E-state index is 3.75. The van der Waals surface area contributed by atoms with E-state index in [-0.39, 0.29) is 0 Å². The molecule has 1 unspecified atom stereocenters. The second-order valence-electron chi connectivity index (χ2n) is 5.59. The van der Waals surface area contributed by atoms with Crippen molar-refractivity contribution in [3.63, 3.8) is 0 Å². The average Bonchev–Trinajstić information content (AvgIpc) is 3.00. The monoisotopic (exact) mass is 196 g/mol. The third-order valence-electron chi connectivity index (χ3n) is 3.84. The maximum absolute atomic E-state index is 3.75. The van der Waals surface area contributed by atoms with Crippen LogP contribution in [-0.2, 0) is 0 Å². The SMILES string of the molecule is CC(C)(NCC1CCCNC1)C1CC1. The lowest BCUT2D eigenvalue weighted by molar-refractivity contribution is 0.283. The second-order valence-corrected chi connectivity index (χ2v) is 5.59. The van der Waals surface area contributed by atoms with E-state index in [2.05, 4.69) is 24.5 Å². The minimum absolute atomic E-state index is 0.386. The first-order valence-corrected chi connectivity index (χ1v) is 6.14. The summed E-state index contributed by atoms with van der Waals surface area (Å²) >= 11 is 0. The van der Waals surface area contributed by atoms with Gasteiger partial charge in [-0.3, -0.25) is 0 Å². The van der Waals surface area contributed by atoms with Crippen molar-refractivity contribution in [3.8, 4) is 0 Å². The highest BCUT2D eigenvalue weighted by atomic mass is 15.0. The maximum Gasteiger partial charge on any atom is 0.0153 e. The van der Waals surface area contributed by atoms with Crippen LogP contribution in [0.5, 0.6) is 0 Å². The van der Waals surface area contributed by atoms with Gasteiger partial charge in [0.15, 0.2) is 0 Å². The Morgan fingerprint density at radius 2 is 2.07 bits per heavy atom. The quantitative estimate of drug-likeness (QED) is 0.716. The molecule has 0 aromatic carbocycles. The smallest absolute Gasteiger partial charge is 0.0153 e. The minimum Gasteiger partial charge on any atom is -0.316 e. The van der Waals surface area contributed by atoms with Gasteiger partial charge in [-0.05, 0) is 71.0 Å². The van der Waals surface area contributed by atoms with Gasteiger partial charge >= 0.3 is 0 Å². The zero-order valence-electron chi connectivity index (χ0n) is 9.60. The molecule has 1 heterocycles. The Labute approximate surface area is 87.8 Å². The van der Waals surface area contributed by atoms with Gasteiger partial charge in [0.1, 0.15) is 0 Å². The average molecular weight is 196 g/mol. The van der Waals surface area contributed by atoms with E-state index >= 15 is 0 Å². The lowest BCUT2D eigenvalue weighted by Gasteiger charge is -2.31. The lowest BCUT2D eigenvalue weighted by atomic mass is 9.95. The molecule has 14 heavy (non-hydrogen) atoms. The summed E-state index contributed by atoms with van der Waals surface area (Å²) in [6.07, 6.45) is 5.63. The van der Waals surface area contributed by atoms with Gasteiger partial charge in [-0.1, -0.05) is 0 Å². The third kappa shape index (κ3) is 2.71. The summed E-state index contributed by atoms with van der Waals surface area (Å²) in [6, 6.07) is 0. The molecule has 0 radical (unpaired) electrons. The van der Waals surface area contributed by atoms with Gasteiger partial charge in [0.2, 0.25) is 0 Å². The lowest BCUT2D eigenvalue weighted by Crippen LogP contribution is -2.46. The molecular formula is C12H24N2. The molecule has 0 amide bonds. The second kappa shape index (κ2) is 4.19. The number of hydrogen-bond donors (Lipinski definition) is 2. The van der Waals surface area contributed by atoms with Crippen LogP contribution in [0.15, 0.2) is 0 Å². The summed E-state index contributed by atoms with van der Waals surface area (Å²) in [6.45, 7) is 8.37. The summed E-state index contributed by atoms with van der Waals surface area (Å²) in [5.74, 6) is 1.81. The highest BCUT2D eigenvalue weighted by Gasteiger charge is 2.37. The zero-order chi connectivity index (χ0) is 10.0. The first-order chi connectivity index (χ1) is 6.68. The molecule has 1 aliphatic carbocycles. The van der Waals surface area contributed by atoms with Crippen LogP contribution >= 0.6 is 0 Å². The molecule has 1 saturated carbocycles. The largest absolute Gasteiger partial charge is 0.316 e. The molecule has 0 aromatic heterocycles. The fourth-order valence-electron chi connectivity index (χ4n) is 2.45. The van der Waals surface area contributed by atoms with E-state index in [0.717, 1.165) is 11.8 Å². The molecule has 0 spiro atoms. The standard InChI is InChI=1S/C12H24N2/c1-12(2,11-5-6-11)14-9-10-4-3-7-13-8-10/h10-11,13-14H,3-9H2,1-2H3. The Hall–Kier alpha value is -0.0800. The molecule has 2 nitrogen and oxygen atoms in total. The van der Waals surface area contributed by atoms with Crippen LogP contribution in [0.25, 0.3) is 0 Å². The predicted octanol–water partition coefficient (Wildman–Crippen LogP) is 1.76. The summed E-state index contributed by atoms with van der Waals surface area (Å²) in [5, 5.41) is 7.23. The van der Waals surface area contributed by atoms with Crippen molar-refractivity contribution in [1.29, 1.82) is 0 Å². The van der Waals surface area contributed by atoms with Gasteiger partial charge in [-0.2, -0.15) is 0 Å². The van der Waals surface area contributed by atoms with E-state index in [1.807, 2.05) is 0 Å². The minimum atomic E-state index is 0.386. The molecule has 1 aliphatic heterocycles. The Kier molecular flexibility index (Phi) is 3.13. The molecule has 1 saturated heterocycles. The van der Waals surface area contributed by atoms with Crippen molar-refractivity contribution in [3.05, 3.63) is 0 Å². The first-order valence-electron chi connectivity index (χ1n) is 6.14. The van der Waals surface area contributed by atoms with Crippen LogP contribution in [0.1, 0.15) is 39.5 Å². The molecule has 2 rings (SSSR count). The molecule has 82 valence electrons. The molecule has 2 heteroatoms. The Bertz CT molecular complexity index is 179. The number of rotatable bonds is 4. The number of piperidine rings is 1. The van der Waals surface area contributed by atoms with Gasteiger partial charge in [0, 0.05) is 5.54 Å². The van der Waals surface area contributed by atoms with E-state index in [4.69, 9.17) is 0 Å². The third-order valence-corrected chi connectivity index (χ3v) is 3.84. The van der Waals surface area contributed by atoms with Crippen molar-refractivity contribution >= 4 is 0 Å². The van der Waals surface area contributed by atoms with E-state index in [1.165, 1.54) is 45.3 Å². The Morgan fingerprint density at radius 3 is 2.64 bits per heavy atom. The van der Waals surface area contributed by atoms with Crippen LogP contribution in [0.3, 0.4) is 0 Å². The Balaban J connectivity index is 1.69. The summed E-state index contributed by atoms with van der Waals surface area (Å²) in [5.41, 5.74) is 0.386. The topological polar surface area (TPSA) is 24.1 Å². The molecular weight excluding hydrogens is 172 g/mol.